The first-order chi connectivity index (χ1) is 29.6. The molecule has 2 unspecified atom stereocenters. The minimum atomic E-state index is -0.465. The van der Waals surface area contributed by atoms with Gasteiger partial charge in [0.25, 0.3) is 0 Å². The van der Waals surface area contributed by atoms with Crippen molar-refractivity contribution in [2.75, 3.05) is 26.4 Å². The minimum absolute atomic E-state index is 0.0395. The van der Waals surface area contributed by atoms with Gasteiger partial charge in [0.2, 0.25) is 0 Å². The van der Waals surface area contributed by atoms with Crippen LogP contribution in [-0.2, 0) is 5.41 Å². The predicted molar refractivity (Wildman–Crippen MR) is 238 cm³/mol. The zero-order valence-corrected chi connectivity index (χ0v) is 32.8. The van der Waals surface area contributed by atoms with Gasteiger partial charge in [-0.2, -0.15) is 0 Å². The quantitative estimate of drug-likeness (QED) is 0.142. The molecule has 0 saturated carbocycles. The van der Waals surface area contributed by atoms with Crippen LogP contribution in [-0.4, -0.2) is 36.6 Å². The Morgan fingerprint density at radius 1 is 0.533 bits per heavy atom. The second-order valence-electron chi connectivity index (χ2n) is 16.1. The van der Waals surface area contributed by atoms with E-state index >= 15 is 0 Å². The SMILES string of the molecule is OCCCOc1ccc2c(c1)oc1cc(-c3ccc4c(c3)C3(C5=CC=CCC5c5ccc(-c6ccc7c(c6)oc6cc(OCCO)ccc67)cc53)c3ccccc3-4)ccc12. The Bertz CT molecular complexity index is 3270. The molecule has 12 rings (SSSR count). The van der Waals surface area contributed by atoms with Crippen molar-refractivity contribution in [1.29, 1.82) is 0 Å². The molecule has 3 aliphatic carbocycles. The Morgan fingerprint density at radius 2 is 1.10 bits per heavy atom. The third kappa shape index (κ3) is 5.14. The highest BCUT2D eigenvalue weighted by Gasteiger charge is 2.55. The number of aliphatic hydroxyl groups excluding tert-OH is 2. The van der Waals surface area contributed by atoms with Gasteiger partial charge in [-0.25, -0.2) is 0 Å². The average molecular weight is 785 g/mol. The highest BCUT2D eigenvalue weighted by Crippen LogP contribution is 2.65. The van der Waals surface area contributed by atoms with Gasteiger partial charge in [-0.3, -0.25) is 0 Å². The predicted octanol–water partition coefficient (Wildman–Crippen LogP) is 12.2. The fraction of sp³-hybridized carbons (Fsp3) is 0.148. The molecule has 60 heavy (non-hydrogen) atoms. The lowest BCUT2D eigenvalue weighted by Crippen LogP contribution is -2.27. The smallest absolute Gasteiger partial charge is 0.139 e. The summed E-state index contributed by atoms with van der Waals surface area (Å²) in [5, 5.41) is 22.7. The van der Waals surface area contributed by atoms with Crippen molar-refractivity contribution in [3.63, 3.8) is 0 Å². The number of benzene rings is 7. The third-order valence-corrected chi connectivity index (χ3v) is 13.0. The van der Waals surface area contributed by atoms with Gasteiger partial charge in [-0.1, -0.05) is 78.9 Å². The first-order valence-corrected chi connectivity index (χ1v) is 20.8. The molecule has 6 nitrogen and oxygen atoms in total. The highest BCUT2D eigenvalue weighted by atomic mass is 16.5. The zero-order chi connectivity index (χ0) is 40.0. The van der Waals surface area contributed by atoms with Gasteiger partial charge in [-0.15, -0.1) is 0 Å². The van der Waals surface area contributed by atoms with Crippen LogP contribution in [0.4, 0.5) is 0 Å². The molecule has 0 aliphatic heterocycles. The maximum Gasteiger partial charge on any atom is 0.139 e. The Labute approximate surface area is 346 Å². The molecule has 0 saturated heterocycles. The molecule has 292 valence electrons. The summed E-state index contributed by atoms with van der Waals surface area (Å²) in [6.07, 6.45) is 8.49. The van der Waals surface area contributed by atoms with E-state index in [1.165, 1.54) is 39.0 Å². The summed E-state index contributed by atoms with van der Waals surface area (Å²) in [5.41, 5.74) is 16.6. The topological polar surface area (TPSA) is 85.2 Å². The lowest BCUT2D eigenvalue weighted by atomic mass is 9.68. The van der Waals surface area contributed by atoms with E-state index in [9.17, 15) is 10.2 Å². The molecule has 2 N–H and O–H groups in total. The summed E-state index contributed by atoms with van der Waals surface area (Å²) < 4.78 is 24.4. The molecule has 2 heterocycles. The summed E-state index contributed by atoms with van der Waals surface area (Å²) in [6.45, 7) is 0.756. The fourth-order valence-corrected chi connectivity index (χ4v) is 10.4. The number of rotatable bonds is 9. The van der Waals surface area contributed by atoms with Gasteiger partial charge in [0.05, 0.1) is 18.6 Å². The number of ether oxygens (including phenoxy) is 2. The minimum Gasteiger partial charge on any atom is -0.493 e. The Hall–Kier alpha value is -6.86. The Balaban J connectivity index is 0.997. The monoisotopic (exact) mass is 784 g/mol. The second kappa shape index (κ2) is 13.6. The maximum atomic E-state index is 9.25. The number of aliphatic hydroxyl groups is 2. The van der Waals surface area contributed by atoms with E-state index in [2.05, 4.69) is 121 Å². The number of hydrogen-bond donors (Lipinski definition) is 2. The van der Waals surface area contributed by atoms with Crippen LogP contribution < -0.4 is 9.47 Å². The summed E-state index contributed by atoms with van der Waals surface area (Å²) in [5.74, 6) is 1.68. The summed E-state index contributed by atoms with van der Waals surface area (Å²) >= 11 is 0. The molecule has 6 heteroatoms. The molecular formula is C54H40O6. The first-order valence-electron chi connectivity index (χ1n) is 20.8. The van der Waals surface area contributed by atoms with Gasteiger partial charge in [0, 0.05) is 52.6 Å². The molecule has 9 aromatic rings. The van der Waals surface area contributed by atoms with E-state index in [0.29, 0.717) is 18.8 Å². The molecule has 0 radical (unpaired) electrons. The van der Waals surface area contributed by atoms with Gasteiger partial charge >= 0.3 is 0 Å². The molecule has 0 amide bonds. The van der Waals surface area contributed by atoms with E-state index < -0.39 is 5.41 Å². The van der Waals surface area contributed by atoms with Crippen LogP contribution in [0.3, 0.4) is 0 Å². The lowest BCUT2D eigenvalue weighted by molar-refractivity contribution is 0.201. The average Bonchev–Trinajstić information content (AvgIpc) is 4.02. The number of allylic oxidation sites excluding steroid dienone is 4. The molecule has 0 bridgehead atoms. The van der Waals surface area contributed by atoms with Gasteiger partial charge in [0.1, 0.15) is 40.4 Å². The second-order valence-corrected chi connectivity index (χ2v) is 16.1. The molecular weight excluding hydrogens is 745 g/mol. The van der Waals surface area contributed by atoms with Crippen LogP contribution in [0.2, 0.25) is 0 Å². The van der Waals surface area contributed by atoms with E-state index in [4.69, 9.17) is 18.3 Å². The van der Waals surface area contributed by atoms with Gasteiger partial charge in [0.15, 0.2) is 0 Å². The van der Waals surface area contributed by atoms with Gasteiger partial charge < -0.3 is 28.5 Å². The van der Waals surface area contributed by atoms with E-state index in [1.54, 1.807) is 0 Å². The Kier molecular flexibility index (Phi) is 7.96. The zero-order valence-electron chi connectivity index (χ0n) is 32.8. The summed E-state index contributed by atoms with van der Waals surface area (Å²) in [7, 11) is 0. The van der Waals surface area contributed by atoms with E-state index in [1.807, 2.05) is 30.3 Å². The van der Waals surface area contributed by atoms with Crippen molar-refractivity contribution in [3.8, 4) is 44.9 Å². The largest absolute Gasteiger partial charge is 0.493 e. The molecule has 0 fully saturated rings. The van der Waals surface area contributed by atoms with Crippen LogP contribution in [0, 0.1) is 0 Å². The summed E-state index contributed by atoms with van der Waals surface area (Å²) in [6, 6.07) is 48.0. The van der Waals surface area contributed by atoms with Crippen molar-refractivity contribution in [1.82, 2.24) is 0 Å². The first kappa shape index (κ1) is 35.1. The van der Waals surface area contributed by atoms with Gasteiger partial charge in [-0.05, 0) is 128 Å². The standard InChI is InChI=1S/C54H40O6/c55-22-5-24-57-36-14-20-44-42-18-12-34(28-50(42)59-52(44)30-36)32-10-16-40-38-6-1-3-8-46(38)54(48(40)26-32)47-9-4-2-7-39(47)41-17-11-33(27-49(41)54)35-13-19-43-45-21-15-37(58-25-23-56)31-53(45)60-51(43)29-35/h1-4,6,8-21,26-31,39,55-56H,5,7,22-25H2. The fourth-order valence-electron chi connectivity index (χ4n) is 10.4. The van der Waals surface area contributed by atoms with Crippen LogP contribution in [0.1, 0.15) is 41.0 Å². The van der Waals surface area contributed by atoms with Crippen molar-refractivity contribution in [3.05, 3.63) is 180 Å². The van der Waals surface area contributed by atoms with Crippen LogP contribution in [0.5, 0.6) is 11.5 Å². The van der Waals surface area contributed by atoms with Crippen LogP contribution >= 0.6 is 0 Å². The van der Waals surface area contributed by atoms with Crippen molar-refractivity contribution < 1.29 is 28.5 Å². The van der Waals surface area contributed by atoms with E-state index in [-0.39, 0.29) is 25.7 Å². The number of furan rings is 2. The summed E-state index contributed by atoms with van der Waals surface area (Å²) in [4.78, 5) is 0. The van der Waals surface area contributed by atoms with Crippen molar-refractivity contribution in [2.24, 2.45) is 0 Å². The normalized spacial score (nSPS) is 17.4. The van der Waals surface area contributed by atoms with Crippen LogP contribution in [0.15, 0.2) is 166 Å². The molecule has 2 aromatic heterocycles. The molecule has 3 aliphatic rings. The highest BCUT2D eigenvalue weighted by molar-refractivity contribution is 6.07. The number of hydrogen-bond acceptors (Lipinski definition) is 6. The Morgan fingerprint density at radius 3 is 1.78 bits per heavy atom. The van der Waals surface area contributed by atoms with Crippen molar-refractivity contribution >= 4 is 43.9 Å². The maximum absolute atomic E-state index is 9.25. The number of fused-ring (bicyclic) bond motifs is 16. The van der Waals surface area contributed by atoms with E-state index in [0.717, 1.165) is 78.3 Å². The molecule has 2 atom stereocenters. The van der Waals surface area contributed by atoms with Crippen LogP contribution in [0.25, 0.3) is 77.3 Å². The third-order valence-electron chi connectivity index (χ3n) is 13.0. The van der Waals surface area contributed by atoms with Crippen molar-refractivity contribution in [2.45, 2.75) is 24.2 Å². The molecule has 7 aromatic carbocycles. The molecule has 1 spiro atoms. The lowest BCUT2D eigenvalue weighted by Gasteiger charge is -2.33.